The molecule has 3 aromatic rings. The molecule has 2 aromatic carbocycles. The van der Waals surface area contributed by atoms with Crippen molar-refractivity contribution >= 4 is 44.0 Å². The summed E-state index contributed by atoms with van der Waals surface area (Å²) in [5, 5.41) is 10.0. The van der Waals surface area contributed by atoms with Crippen LogP contribution in [0.3, 0.4) is 0 Å². The SMILES string of the molecule is O=C(Nc1nnc(S(=O)(=O)Nc2ccc(C(=O)N3CCCCC3)cc2)s1)c1ccccc1. The zero-order valence-corrected chi connectivity index (χ0v) is 18.7. The Morgan fingerprint density at radius 1 is 0.875 bits per heavy atom. The molecule has 0 bridgehead atoms. The zero-order valence-electron chi connectivity index (χ0n) is 17.0. The van der Waals surface area contributed by atoms with E-state index in [-0.39, 0.29) is 15.4 Å². The summed E-state index contributed by atoms with van der Waals surface area (Å²) < 4.78 is 27.4. The molecule has 0 atom stereocenters. The van der Waals surface area contributed by atoms with Crippen LogP contribution in [0.1, 0.15) is 40.0 Å². The number of likely N-dealkylation sites (tertiary alicyclic amines) is 1. The molecule has 2 amide bonds. The topological polar surface area (TPSA) is 121 Å². The maximum absolute atomic E-state index is 12.6. The molecule has 0 spiro atoms. The number of benzene rings is 2. The van der Waals surface area contributed by atoms with Crippen molar-refractivity contribution in [2.45, 2.75) is 23.6 Å². The fourth-order valence-electron chi connectivity index (χ4n) is 3.29. The van der Waals surface area contributed by atoms with Gasteiger partial charge in [0.05, 0.1) is 0 Å². The number of amides is 2. The number of nitrogens with one attached hydrogen (secondary N) is 2. The number of carbonyl (C=O) groups is 2. The van der Waals surface area contributed by atoms with Gasteiger partial charge in [0.1, 0.15) is 0 Å². The predicted octanol–water partition coefficient (Wildman–Crippen LogP) is 3.22. The highest BCUT2D eigenvalue weighted by Gasteiger charge is 2.22. The Morgan fingerprint density at radius 2 is 1.56 bits per heavy atom. The van der Waals surface area contributed by atoms with Gasteiger partial charge in [-0.3, -0.25) is 19.6 Å². The number of hydrogen-bond donors (Lipinski definition) is 2. The summed E-state index contributed by atoms with van der Waals surface area (Å²) in [6.07, 6.45) is 3.13. The summed E-state index contributed by atoms with van der Waals surface area (Å²) in [4.78, 5) is 26.6. The third kappa shape index (κ3) is 5.11. The van der Waals surface area contributed by atoms with E-state index in [0.717, 1.165) is 43.7 Å². The van der Waals surface area contributed by atoms with Crippen LogP contribution >= 0.6 is 11.3 Å². The second-order valence-corrected chi connectivity index (χ2v) is 10.1. The van der Waals surface area contributed by atoms with Crippen LogP contribution in [0.2, 0.25) is 0 Å². The largest absolute Gasteiger partial charge is 0.339 e. The van der Waals surface area contributed by atoms with Gasteiger partial charge in [-0.05, 0) is 55.7 Å². The first-order chi connectivity index (χ1) is 15.4. The van der Waals surface area contributed by atoms with Crippen LogP contribution in [0, 0.1) is 0 Å². The monoisotopic (exact) mass is 471 g/mol. The second kappa shape index (κ2) is 9.45. The lowest BCUT2D eigenvalue weighted by Gasteiger charge is -2.26. The van der Waals surface area contributed by atoms with Gasteiger partial charge in [-0.2, -0.15) is 8.42 Å². The van der Waals surface area contributed by atoms with Gasteiger partial charge in [-0.25, -0.2) is 0 Å². The average molecular weight is 472 g/mol. The lowest BCUT2D eigenvalue weighted by molar-refractivity contribution is 0.0724. The van der Waals surface area contributed by atoms with Crippen LogP contribution in [-0.4, -0.2) is 48.4 Å². The van der Waals surface area contributed by atoms with Gasteiger partial charge in [-0.15, -0.1) is 10.2 Å². The third-order valence-electron chi connectivity index (χ3n) is 4.92. The van der Waals surface area contributed by atoms with E-state index < -0.39 is 15.9 Å². The smallest absolute Gasteiger partial charge is 0.291 e. The van der Waals surface area contributed by atoms with Gasteiger partial charge < -0.3 is 4.90 Å². The molecule has 32 heavy (non-hydrogen) atoms. The first-order valence-electron chi connectivity index (χ1n) is 10.0. The van der Waals surface area contributed by atoms with E-state index >= 15 is 0 Å². The Balaban J connectivity index is 1.41. The molecule has 0 saturated carbocycles. The van der Waals surface area contributed by atoms with Gasteiger partial charge in [0.2, 0.25) is 5.13 Å². The molecule has 1 aliphatic heterocycles. The van der Waals surface area contributed by atoms with E-state index in [2.05, 4.69) is 20.2 Å². The van der Waals surface area contributed by atoms with E-state index in [1.54, 1.807) is 42.5 Å². The third-order valence-corrected chi connectivity index (χ3v) is 7.51. The van der Waals surface area contributed by atoms with Crippen LogP contribution in [0.4, 0.5) is 10.8 Å². The summed E-state index contributed by atoms with van der Waals surface area (Å²) in [7, 11) is -4.00. The summed E-state index contributed by atoms with van der Waals surface area (Å²) in [5.41, 5.74) is 1.23. The van der Waals surface area contributed by atoms with Crippen LogP contribution < -0.4 is 10.0 Å². The van der Waals surface area contributed by atoms with Crippen molar-refractivity contribution in [3.05, 3.63) is 65.7 Å². The van der Waals surface area contributed by atoms with Crippen LogP contribution in [0.25, 0.3) is 0 Å². The first kappa shape index (κ1) is 21.9. The van der Waals surface area contributed by atoms with Crippen LogP contribution in [0.15, 0.2) is 58.9 Å². The molecule has 0 aliphatic carbocycles. The quantitative estimate of drug-likeness (QED) is 0.533. The molecule has 0 radical (unpaired) electrons. The molecule has 2 N–H and O–H groups in total. The number of rotatable bonds is 6. The van der Waals surface area contributed by atoms with E-state index in [9.17, 15) is 18.0 Å². The molecule has 4 rings (SSSR count). The molecule has 166 valence electrons. The van der Waals surface area contributed by atoms with E-state index in [1.807, 2.05) is 4.90 Å². The fraction of sp³-hybridized carbons (Fsp3) is 0.238. The molecule has 1 fully saturated rings. The minimum atomic E-state index is -4.00. The maximum Gasteiger partial charge on any atom is 0.291 e. The minimum absolute atomic E-state index is 0.0537. The Bertz CT molecular complexity index is 1200. The lowest BCUT2D eigenvalue weighted by atomic mass is 10.1. The molecular weight excluding hydrogens is 450 g/mol. The molecule has 2 heterocycles. The zero-order chi connectivity index (χ0) is 22.6. The number of carbonyl (C=O) groups excluding carboxylic acids is 2. The van der Waals surface area contributed by atoms with Crippen molar-refractivity contribution in [1.82, 2.24) is 15.1 Å². The molecule has 9 nitrogen and oxygen atoms in total. The molecule has 1 aromatic heterocycles. The molecule has 0 unspecified atom stereocenters. The second-order valence-electron chi connectivity index (χ2n) is 7.23. The van der Waals surface area contributed by atoms with E-state index in [1.165, 1.54) is 12.1 Å². The Labute approximate surface area is 189 Å². The number of sulfonamides is 1. The lowest BCUT2D eigenvalue weighted by Crippen LogP contribution is -2.35. The summed E-state index contributed by atoms with van der Waals surface area (Å²) in [5.74, 6) is -0.463. The molecular formula is C21H21N5O4S2. The number of aromatic nitrogens is 2. The average Bonchev–Trinajstić information content (AvgIpc) is 3.30. The van der Waals surface area contributed by atoms with E-state index in [0.29, 0.717) is 16.8 Å². The highest BCUT2D eigenvalue weighted by Crippen LogP contribution is 2.23. The summed E-state index contributed by atoms with van der Waals surface area (Å²) in [6, 6.07) is 14.8. The Kier molecular flexibility index (Phi) is 6.47. The minimum Gasteiger partial charge on any atom is -0.339 e. The van der Waals surface area contributed by atoms with Crippen molar-refractivity contribution in [1.29, 1.82) is 0 Å². The Morgan fingerprint density at radius 3 is 2.25 bits per heavy atom. The van der Waals surface area contributed by atoms with E-state index in [4.69, 9.17) is 0 Å². The molecule has 1 aliphatic rings. The number of hydrogen-bond acceptors (Lipinski definition) is 7. The van der Waals surface area contributed by atoms with Crippen LogP contribution in [0.5, 0.6) is 0 Å². The highest BCUT2D eigenvalue weighted by molar-refractivity contribution is 7.94. The first-order valence-corrected chi connectivity index (χ1v) is 12.3. The molecule has 11 heteroatoms. The van der Waals surface area contributed by atoms with Crippen LogP contribution in [-0.2, 0) is 10.0 Å². The standard InChI is InChI=1S/C21H21N5O4S2/c27-18(15-7-3-1-4-8-15)22-20-23-24-21(31-20)32(29,30)25-17-11-9-16(10-12-17)19(28)26-13-5-2-6-14-26/h1,3-4,7-12,25H,2,5-6,13-14H2,(H,22,23,27). The van der Waals surface area contributed by atoms with Crippen molar-refractivity contribution < 1.29 is 18.0 Å². The van der Waals surface area contributed by atoms with Gasteiger partial charge in [-0.1, -0.05) is 29.5 Å². The van der Waals surface area contributed by atoms with Gasteiger partial charge in [0.25, 0.3) is 26.2 Å². The number of anilines is 2. The number of piperidine rings is 1. The van der Waals surface area contributed by atoms with Gasteiger partial charge in [0.15, 0.2) is 0 Å². The predicted molar refractivity (Wildman–Crippen MR) is 121 cm³/mol. The van der Waals surface area contributed by atoms with Crippen molar-refractivity contribution in [2.24, 2.45) is 0 Å². The normalized spacial score (nSPS) is 14.1. The Hall–Kier alpha value is -3.31. The highest BCUT2D eigenvalue weighted by atomic mass is 32.2. The summed E-state index contributed by atoms with van der Waals surface area (Å²) in [6.45, 7) is 1.49. The van der Waals surface area contributed by atoms with Gasteiger partial charge >= 0.3 is 0 Å². The van der Waals surface area contributed by atoms with Crippen molar-refractivity contribution in [3.63, 3.8) is 0 Å². The maximum atomic E-state index is 12.6. The summed E-state index contributed by atoms with van der Waals surface area (Å²) >= 11 is 0.743. The fourth-order valence-corrected chi connectivity index (χ4v) is 5.24. The van der Waals surface area contributed by atoms with Crippen molar-refractivity contribution in [2.75, 3.05) is 23.1 Å². The number of nitrogens with zero attached hydrogens (tertiary/aromatic N) is 3. The molecule has 1 saturated heterocycles. The van der Waals surface area contributed by atoms with Crippen molar-refractivity contribution in [3.8, 4) is 0 Å². The van der Waals surface area contributed by atoms with Gasteiger partial charge in [0, 0.05) is 29.9 Å².